The average Bonchev–Trinajstić information content (AvgIpc) is 3.56. The summed E-state index contributed by atoms with van der Waals surface area (Å²) >= 11 is 0. The molecule has 0 aliphatic heterocycles. The minimum atomic E-state index is -0.647. The van der Waals surface area contributed by atoms with Crippen molar-refractivity contribution in [3.05, 3.63) is 157 Å². The van der Waals surface area contributed by atoms with Gasteiger partial charge >= 0.3 is 0 Å². The Bertz CT molecular complexity index is 3060. The molecule has 0 atom stereocenters. The summed E-state index contributed by atoms with van der Waals surface area (Å²) < 4.78 is 103. The Balaban J connectivity index is 1.41. The molecule has 1 nitrogen and oxygen atoms in total. The molecule has 8 aromatic carbocycles. The van der Waals surface area contributed by atoms with E-state index < -0.39 is 66.5 Å². The van der Waals surface area contributed by atoms with Gasteiger partial charge in [-0.1, -0.05) is 133 Å². The Morgan fingerprint density at radius 1 is 0.419 bits per heavy atom. The molecule has 1 heteroatoms. The summed E-state index contributed by atoms with van der Waals surface area (Å²) in [5.41, 5.74) is 3.03. The van der Waals surface area contributed by atoms with E-state index in [0.717, 1.165) is 38.3 Å². The standard InChI is InChI=1S/C42H26O/c1-2-15-31-27(11-1)12-10-21-32(31)28-13-9-14-29(25-28)41-35-17-3-5-19-37(35)42(38-20-6-4-18-36(38)41)30-23-24-34-33-16-7-8-22-39(33)43-40(34)26-30/h1-26H/i1D,2D,9D,10D,11D,12D,13D,14D,15D,21D,25D. The summed E-state index contributed by atoms with van der Waals surface area (Å²) in [6.07, 6.45) is 0. The lowest BCUT2D eigenvalue weighted by atomic mass is 9.85. The van der Waals surface area contributed by atoms with Gasteiger partial charge < -0.3 is 4.42 Å². The van der Waals surface area contributed by atoms with E-state index in [1.54, 1.807) is 0 Å². The molecular weight excluding hydrogens is 520 g/mol. The highest BCUT2D eigenvalue weighted by Gasteiger charge is 2.18. The van der Waals surface area contributed by atoms with Crippen molar-refractivity contribution >= 4 is 54.3 Å². The number of para-hydroxylation sites is 1. The lowest BCUT2D eigenvalue weighted by Gasteiger charge is -2.18. The Hall–Kier alpha value is -5.66. The largest absolute Gasteiger partial charge is 0.456 e. The summed E-state index contributed by atoms with van der Waals surface area (Å²) in [6, 6.07) is 22.8. The maximum absolute atomic E-state index is 9.71. The van der Waals surface area contributed by atoms with Crippen LogP contribution < -0.4 is 0 Å². The molecule has 0 N–H and O–H groups in total. The molecule has 0 saturated carbocycles. The molecule has 0 aliphatic carbocycles. The third-order valence-corrected chi connectivity index (χ3v) is 8.04. The highest BCUT2D eigenvalue weighted by Crippen LogP contribution is 2.45. The number of fused-ring (bicyclic) bond motifs is 6. The summed E-state index contributed by atoms with van der Waals surface area (Å²) in [6.45, 7) is 0. The maximum Gasteiger partial charge on any atom is 0.136 e. The third-order valence-electron chi connectivity index (χ3n) is 8.04. The first-order chi connectivity index (χ1) is 25.9. The van der Waals surface area contributed by atoms with Crippen LogP contribution in [0.3, 0.4) is 0 Å². The summed E-state index contributed by atoms with van der Waals surface area (Å²) in [5, 5.41) is 4.26. The highest BCUT2D eigenvalue weighted by atomic mass is 16.3. The Labute approximate surface area is 264 Å². The summed E-state index contributed by atoms with van der Waals surface area (Å²) in [4.78, 5) is 0. The van der Waals surface area contributed by atoms with Crippen molar-refractivity contribution in [2.75, 3.05) is 0 Å². The van der Waals surface area contributed by atoms with Crippen LogP contribution in [-0.4, -0.2) is 0 Å². The lowest BCUT2D eigenvalue weighted by Crippen LogP contribution is -1.91. The van der Waals surface area contributed by atoms with Crippen LogP contribution >= 0.6 is 0 Å². The van der Waals surface area contributed by atoms with Crippen LogP contribution in [0.2, 0.25) is 0 Å². The predicted molar refractivity (Wildman–Crippen MR) is 183 cm³/mol. The van der Waals surface area contributed by atoms with E-state index in [9.17, 15) is 2.74 Å². The van der Waals surface area contributed by atoms with Gasteiger partial charge in [-0.05, 0) is 89.9 Å². The van der Waals surface area contributed by atoms with E-state index in [0.29, 0.717) is 21.9 Å². The van der Waals surface area contributed by atoms with Crippen molar-refractivity contribution in [3.63, 3.8) is 0 Å². The predicted octanol–water partition coefficient (Wildman–Crippen LogP) is 12.0. The SMILES string of the molecule is [2H]c1c([2H])c(-c2c3ccccc3c(-c3ccc4c(c3)oc3ccccc34)c3ccccc23)c([2H])c(-c2c([2H])c([2H])c([2H])c3c([2H])c([2H])c([2H])c([2H])c23)c1[2H]. The smallest absolute Gasteiger partial charge is 0.136 e. The first kappa shape index (κ1) is 15.5. The highest BCUT2D eigenvalue weighted by molar-refractivity contribution is 6.22. The fourth-order valence-corrected chi connectivity index (χ4v) is 6.18. The zero-order valence-corrected chi connectivity index (χ0v) is 22.6. The van der Waals surface area contributed by atoms with Crippen LogP contribution in [0.15, 0.2) is 162 Å². The summed E-state index contributed by atoms with van der Waals surface area (Å²) in [5.74, 6) is 0. The van der Waals surface area contributed by atoms with Crippen molar-refractivity contribution in [1.82, 2.24) is 0 Å². The molecule has 0 fully saturated rings. The van der Waals surface area contributed by atoms with Gasteiger partial charge in [0.2, 0.25) is 0 Å². The Morgan fingerprint density at radius 2 is 1.00 bits per heavy atom. The summed E-state index contributed by atoms with van der Waals surface area (Å²) in [7, 11) is 0. The molecule has 0 bridgehead atoms. The van der Waals surface area contributed by atoms with E-state index >= 15 is 0 Å². The van der Waals surface area contributed by atoms with Gasteiger partial charge in [-0.2, -0.15) is 0 Å². The second kappa shape index (κ2) is 9.44. The second-order valence-corrected chi connectivity index (χ2v) is 10.4. The molecule has 200 valence electrons. The van der Waals surface area contributed by atoms with E-state index in [1.165, 1.54) is 0 Å². The van der Waals surface area contributed by atoms with Crippen molar-refractivity contribution in [2.45, 2.75) is 0 Å². The van der Waals surface area contributed by atoms with Crippen LogP contribution in [-0.2, 0) is 0 Å². The second-order valence-electron chi connectivity index (χ2n) is 10.4. The molecule has 0 spiro atoms. The number of benzene rings is 8. The molecule has 9 aromatic rings. The van der Waals surface area contributed by atoms with Gasteiger partial charge in [0.05, 0.1) is 15.1 Å². The van der Waals surface area contributed by atoms with Crippen LogP contribution in [0.4, 0.5) is 0 Å². The molecule has 0 radical (unpaired) electrons. The van der Waals surface area contributed by atoms with Gasteiger partial charge in [0.1, 0.15) is 11.2 Å². The third kappa shape index (κ3) is 3.72. The fraction of sp³-hybridized carbons (Fsp3) is 0. The van der Waals surface area contributed by atoms with E-state index in [2.05, 4.69) is 0 Å². The minimum absolute atomic E-state index is 0.00690. The van der Waals surface area contributed by atoms with Crippen molar-refractivity contribution < 1.29 is 19.5 Å². The van der Waals surface area contributed by atoms with Crippen molar-refractivity contribution in [1.29, 1.82) is 0 Å². The lowest BCUT2D eigenvalue weighted by molar-refractivity contribution is 0.669. The molecule has 43 heavy (non-hydrogen) atoms. The van der Waals surface area contributed by atoms with Gasteiger partial charge in [-0.25, -0.2) is 0 Å². The van der Waals surface area contributed by atoms with Gasteiger partial charge in [0, 0.05) is 10.8 Å². The number of furan rings is 1. The van der Waals surface area contributed by atoms with Crippen molar-refractivity contribution in [3.8, 4) is 33.4 Å². The minimum Gasteiger partial charge on any atom is -0.456 e. The van der Waals surface area contributed by atoms with Crippen molar-refractivity contribution in [2.24, 2.45) is 0 Å². The van der Waals surface area contributed by atoms with Gasteiger partial charge in [-0.3, -0.25) is 0 Å². The zero-order valence-electron chi connectivity index (χ0n) is 33.6. The molecule has 0 saturated heterocycles. The number of hydrogen-bond donors (Lipinski definition) is 0. The molecule has 0 aliphatic rings. The molecular formula is C42H26O. The van der Waals surface area contributed by atoms with Crippen LogP contribution in [0.1, 0.15) is 15.1 Å². The fourth-order valence-electron chi connectivity index (χ4n) is 6.18. The van der Waals surface area contributed by atoms with E-state index in [1.807, 2.05) is 91.0 Å². The zero-order chi connectivity index (χ0) is 37.9. The van der Waals surface area contributed by atoms with E-state index in [4.69, 9.17) is 16.8 Å². The van der Waals surface area contributed by atoms with Gasteiger partial charge in [-0.15, -0.1) is 0 Å². The quantitative estimate of drug-likeness (QED) is 0.197. The molecule has 1 aromatic heterocycles. The molecule has 9 rings (SSSR count). The monoisotopic (exact) mass is 557 g/mol. The molecule has 1 heterocycles. The number of rotatable bonds is 3. The topological polar surface area (TPSA) is 13.1 Å². The van der Waals surface area contributed by atoms with E-state index in [-0.39, 0.29) is 27.5 Å². The average molecular weight is 558 g/mol. The van der Waals surface area contributed by atoms with Gasteiger partial charge in [0.15, 0.2) is 0 Å². The first-order valence-electron chi connectivity index (χ1n) is 19.4. The maximum atomic E-state index is 9.71. The van der Waals surface area contributed by atoms with Crippen LogP contribution in [0.5, 0.6) is 0 Å². The van der Waals surface area contributed by atoms with Crippen LogP contribution in [0, 0.1) is 0 Å². The van der Waals surface area contributed by atoms with Crippen LogP contribution in [0.25, 0.3) is 87.6 Å². The molecule has 0 unspecified atom stereocenters. The number of hydrogen-bond acceptors (Lipinski definition) is 1. The first-order valence-corrected chi connectivity index (χ1v) is 13.9. The Kier molecular flexibility index (Phi) is 3.41. The van der Waals surface area contributed by atoms with Gasteiger partial charge in [0.25, 0.3) is 0 Å². The molecule has 0 amide bonds. The normalized spacial score (nSPS) is 15.3. The Morgan fingerprint density at radius 3 is 1.77 bits per heavy atom.